The quantitative estimate of drug-likeness (QED) is 0.701. The van der Waals surface area contributed by atoms with Gasteiger partial charge in [0.2, 0.25) is 0 Å². The van der Waals surface area contributed by atoms with Gasteiger partial charge in [0.1, 0.15) is 0 Å². The van der Waals surface area contributed by atoms with Crippen molar-refractivity contribution >= 4 is 34.8 Å². The molecule has 0 heterocycles. The SMILES string of the molecule is COCCC(C)(O)CNC(=O)c1cc(N)c(Cl)c(Cl)c1. The molecular formula is C13H18Cl2N2O3. The molecule has 0 aromatic heterocycles. The Morgan fingerprint density at radius 1 is 1.50 bits per heavy atom. The number of benzene rings is 1. The highest BCUT2D eigenvalue weighted by molar-refractivity contribution is 6.43. The number of ether oxygens (including phenoxy) is 1. The van der Waals surface area contributed by atoms with E-state index >= 15 is 0 Å². The number of anilines is 1. The maximum atomic E-state index is 12.0. The van der Waals surface area contributed by atoms with Crippen LogP contribution in [0.4, 0.5) is 5.69 Å². The number of hydrogen-bond donors (Lipinski definition) is 3. The number of nitrogens with one attached hydrogen (secondary N) is 1. The second-order valence-corrected chi connectivity index (χ2v) is 5.57. The molecule has 0 aliphatic rings. The van der Waals surface area contributed by atoms with Crippen molar-refractivity contribution in [3.63, 3.8) is 0 Å². The van der Waals surface area contributed by atoms with Crippen molar-refractivity contribution in [2.45, 2.75) is 18.9 Å². The Kier molecular flexibility index (Phi) is 6.07. The first kappa shape index (κ1) is 17.0. The van der Waals surface area contributed by atoms with Crippen LogP contribution in [0, 0.1) is 0 Å². The summed E-state index contributed by atoms with van der Waals surface area (Å²) in [4.78, 5) is 12.0. The maximum absolute atomic E-state index is 12.0. The summed E-state index contributed by atoms with van der Waals surface area (Å²) in [6.45, 7) is 2.12. The van der Waals surface area contributed by atoms with Gasteiger partial charge in [0, 0.05) is 32.2 Å². The average Bonchev–Trinajstić information content (AvgIpc) is 2.39. The van der Waals surface area contributed by atoms with Crippen molar-refractivity contribution in [2.24, 2.45) is 0 Å². The van der Waals surface area contributed by atoms with E-state index in [9.17, 15) is 9.90 Å². The summed E-state index contributed by atoms with van der Waals surface area (Å²) < 4.78 is 4.89. The summed E-state index contributed by atoms with van der Waals surface area (Å²) >= 11 is 11.7. The lowest BCUT2D eigenvalue weighted by Gasteiger charge is -2.23. The van der Waals surface area contributed by atoms with Crippen LogP contribution in [0.3, 0.4) is 0 Å². The van der Waals surface area contributed by atoms with Crippen LogP contribution in [0.15, 0.2) is 12.1 Å². The lowest BCUT2D eigenvalue weighted by Crippen LogP contribution is -2.41. The van der Waals surface area contributed by atoms with E-state index in [1.54, 1.807) is 14.0 Å². The molecule has 0 aliphatic heterocycles. The molecule has 0 spiro atoms. The van der Waals surface area contributed by atoms with Gasteiger partial charge in [-0.15, -0.1) is 0 Å². The van der Waals surface area contributed by atoms with E-state index in [0.29, 0.717) is 18.6 Å². The first-order valence-corrected chi connectivity index (χ1v) is 6.76. The van der Waals surface area contributed by atoms with Crippen LogP contribution in [-0.4, -0.2) is 36.9 Å². The van der Waals surface area contributed by atoms with Gasteiger partial charge in [-0.3, -0.25) is 4.79 Å². The minimum Gasteiger partial charge on any atom is -0.397 e. The Bertz CT molecular complexity index is 469. The lowest BCUT2D eigenvalue weighted by molar-refractivity contribution is 0.0243. The van der Waals surface area contributed by atoms with E-state index in [1.807, 2.05) is 0 Å². The summed E-state index contributed by atoms with van der Waals surface area (Å²) in [7, 11) is 1.55. The van der Waals surface area contributed by atoms with Gasteiger partial charge in [-0.1, -0.05) is 23.2 Å². The Labute approximate surface area is 128 Å². The van der Waals surface area contributed by atoms with Gasteiger partial charge in [0.25, 0.3) is 5.91 Å². The number of methoxy groups -OCH3 is 1. The average molecular weight is 321 g/mol. The fourth-order valence-electron chi connectivity index (χ4n) is 1.52. The largest absolute Gasteiger partial charge is 0.397 e. The van der Waals surface area contributed by atoms with Gasteiger partial charge in [0.05, 0.1) is 21.3 Å². The summed E-state index contributed by atoms with van der Waals surface area (Å²) in [6.07, 6.45) is 0.410. The van der Waals surface area contributed by atoms with Crippen LogP contribution in [0.1, 0.15) is 23.7 Å². The van der Waals surface area contributed by atoms with Crippen LogP contribution >= 0.6 is 23.2 Å². The summed E-state index contributed by atoms with van der Waals surface area (Å²) in [5.74, 6) is -0.382. The van der Waals surface area contributed by atoms with Gasteiger partial charge in [-0.25, -0.2) is 0 Å². The third kappa shape index (κ3) is 4.83. The van der Waals surface area contributed by atoms with Crippen molar-refractivity contribution in [3.8, 4) is 0 Å². The van der Waals surface area contributed by atoms with E-state index < -0.39 is 5.60 Å². The number of halogens is 2. The zero-order valence-electron chi connectivity index (χ0n) is 11.4. The molecule has 1 aromatic carbocycles. The summed E-state index contributed by atoms with van der Waals surface area (Å²) in [6, 6.07) is 2.87. The minimum absolute atomic E-state index is 0.0926. The molecule has 1 amide bonds. The fourth-order valence-corrected chi connectivity index (χ4v) is 1.86. The van der Waals surface area contributed by atoms with Crippen LogP contribution < -0.4 is 11.1 Å². The van der Waals surface area contributed by atoms with Crippen molar-refractivity contribution in [1.82, 2.24) is 5.32 Å². The molecule has 0 bridgehead atoms. The number of nitrogens with two attached hydrogens (primary N) is 1. The third-order valence-electron chi connectivity index (χ3n) is 2.79. The molecule has 1 atom stereocenters. The number of amides is 1. The number of nitrogen functional groups attached to an aromatic ring is 1. The van der Waals surface area contributed by atoms with E-state index in [0.717, 1.165) is 0 Å². The van der Waals surface area contributed by atoms with Gasteiger partial charge in [-0.05, 0) is 19.1 Å². The number of aliphatic hydroxyl groups is 1. The van der Waals surface area contributed by atoms with E-state index in [4.69, 9.17) is 33.7 Å². The molecule has 1 unspecified atom stereocenters. The number of carbonyl (C=O) groups is 1. The smallest absolute Gasteiger partial charge is 0.251 e. The van der Waals surface area contributed by atoms with E-state index in [-0.39, 0.29) is 28.2 Å². The predicted octanol–water partition coefficient (Wildman–Crippen LogP) is 2.09. The monoisotopic (exact) mass is 320 g/mol. The molecular weight excluding hydrogens is 303 g/mol. The lowest BCUT2D eigenvalue weighted by atomic mass is 10.0. The maximum Gasteiger partial charge on any atom is 0.251 e. The number of rotatable bonds is 6. The topological polar surface area (TPSA) is 84.6 Å². The highest BCUT2D eigenvalue weighted by atomic mass is 35.5. The molecule has 0 radical (unpaired) electrons. The molecule has 0 fully saturated rings. The van der Waals surface area contributed by atoms with Crippen LogP contribution in [0.25, 0.3) is 0 Å². The molecule has 1 aromatic rings. The van der Waals surface area contributed by atoms with Crippen molar-refractivity contribution in [1.29, 1.82) is 0 Å². The summed E-state index contributed by atoms with van der Waals surface area (Å²) in [5.41, 5.74) is 5.12. The second-order valence-electron chi connectivity index (χ2n) is 4.78. The molecule has 1 rings (SSSR count). The zero-order valence-corrected chi connectivity index (χ0v) is 12.9. The fraction of sp³-hybridized carbons (Fsp3) is 0.462. The van der Waals surface area contributed by atoms with Gasteiger partial charge < -0.3 is 20.9 Å². The Morgan fingerprint density at radius 2 is 2.15 bits per heavy atom. The Hall–Kier alpha value is -1.01. The zero-order chi connectivity index (χ0) is 15.3. The second kappa shape index (κ2) is 7.13. The standard InChI is InChI=1S/C13H18Cl2N2O3/c1-13(19,3-4-20-2)7-17-12(18)8-5-9(14)11(15)10(16)6-8/h5-6,19H,3-4,7,16H2,1-2H3,(H,17,18). The van der Waals surface area contributed by atoms with Crippen molar-refractivity contribution in [2.75, 3.05) is 26.0 Å². The summed E-state index contributed by atoms with van der Waals surface area (Å²) in [5, 5.41) is 13.1. The Balaban J connectivity index is 2.68. The third-order valence-corrected chi connectivity index (χ3v) is 3.61. The first-order valence-electron chi connectivity index (χ1n) is 6.01. The van der Waals surface area contributed by atoms with Crippen molar-refractivity contribution in [3.05, 3.63) is 27.7 Å². The molecule has 4 N–H and O–H groups in total. The minimum atomic E-state index is -1.05. The molecule has 112 valence electrons. The number of carbonyl (C=O) groups excluding carboxylic acids is 1. The van der Waals surface area contributed by atoms with Crippen LogP contribution in [-0.2, 0) is 4.74 Å². The molecule has 20 heavy (non-hydrogen) atoms. The molecule has 0 saturated carbocycles. The predicted molar refractivity (Wildman–Crippen MR) is 80.3 cm³/mol. The Morgan fingerprint density at radius 3 is 2.70 bits per heavy atom. The first-order chi connectivity index (χ1) is 9.26. The van der Waals surface area contributed by atoms with Crippen molar-refractivity contribution < 1.29 is 14.6 Å². The molecule has 0 aliphatic carbocycles. The van der Waals surface area contributed by atoms with Gasteiger partial charge >= 0.3 is 0 Å². The highest BCUT2D eigenvalue weighted by Crippen LogP contribution is 2.29. The van der Waals surface area contributed by atoms with Gasteiger partial charge in [-0.2, -0.15) is 0 Å². The van der Waals surface area contributed by atoms with E-state index in [2.05, 4.69) is 5.32 Å². The molecule has 7 heteroatoms. The normalized spacial score (nSPS) is 13.8. The molecule has 5 nitrogen and oxygen atoms in total. The van der Waals surface area contributed by atoms with Gasteiger partial charge in [0.15, 0.2) is 0 Å². The highest BCUT2D eigenvalue weighted by Gasteiger charge is 2.21. The number of hydrogen-bond acceptors (Lipinski definition) is 4. The van der Waals surface area contributed by atoms with Crippen LogP contribution in [0.5, 0.6) is 0 Å². The van der Waals surface area contributed by atoms with E-state index in [1.165, 1.54) is 12.1 Å². The van der Waals surface area contributed by atoms with Crippen LogP contribution in [0.2, 0.25) is 10.0 Å². The molecule has 0 saturated heterocycles.